The number of aryl methyl sites for hydroxylation is 2. The highest BCUT2D eigenvalue weighted by molar-refractivity contribution is 6.07. The van der Waals surface area contributed by atoms with Gasteiger partial charge in [0.05, 0.1) is 0 Å². The van der Waals surface area contributed by atoms with Crippen molar-refractivity contribution in [2.45, 2.75) is 32.7 Å². The van der Waals surface area contributed by atoms with Gasteiger partial charge in [-0.05, 0) is 31.4 Å². The van der Waals surface area contributed by atoms with Crippen LogP contribution in [-0.2, 0) is 10.3 Å². The average molecular weight is 232 g/mol. The minimum Gasteiger partial charge on any atom is -0.319 e. The van der Waals surface area contributed by atoms with E-state index in [0.29, 0.717) is 6.42 Å². The highest BCUT2D eigenvalue weighted by Gasteiger charge is 2.46. The summed E-state index contributed by atoms with van der Waals surface area (Å²) in [6.45, 7) is 5.85. The van der Waals surface area contributed by atoms with Crippen molar-refractivity contribution < 1.29 is 9.59 Å². The molecule has 1 aromatic rings. The third-order valence-corrected chi connectivity index (χ3v) is 3.31. The number of benzene rings is 1. The van der Waals surface area contributed by atoms with Crippen molar-refractivity contribution in [3.8, 4) is 0 Å². The maximum atomic E-state index is 12.0. The number of carbonyl (C=O) groups is 2. The first-order chi connectivity index (χ1) is 7.99. The molecule has 1 aromatic carbocycles. The quantitative estimate of drug-likeness (QED) is 0.763. The predicted octanol–water partition coefficient (Wildman–Crippen LogP) is 1.75. The van der Waals surface area contributed by atoms with Crippen LogP contribution in [0.3, 0.4) is 0 Å². The van der Waals surface area contributed by atoms with Crippen molar-refractivity contribution in [3.63, 3.8) is 0 Å². The first-order valence-corrected chi connectivity index (χ1v) is 5.71. The van der Waals surface area contributed by atoms with Gasteiger partial charge in [0, 0.05) is 0 Å². The van der Waals surface area contributed by atoms with E-state index in [2.05, 4.69) is 10.6 Å². The highest BCUT2D eigenvalue weighted by atomic mass is 16.2. The van der Waals surface area contributed by atoms with E-state index in [1.54, 1.807) is 0 Å². The molecule has 1 saturated heterocycles. The molecule has 0 bridgehead atoms. The Balaban J connectivity index is 2.56. The number of amides is 3. The van der Waals surface area contributed by atoms with Crippen LogP contribution < -0.4 is 10.6 Å². The van der Waals surface area contributed by atoms with Crippen molar-refractivity contribution >= 4 is 11.9 Å². The summed E-state index contributed by atoms with van der Waals surface area (Å²) < 4.78 is 0. The van der Waals surface area contributed by atoms with E-state index < -0.39 is 11.6 Å². The molecule has 1 aliphatic heterocycles. The Hall–Kier alpha value is -1.84. The topological polar surface area (TPSA) is 58.2 Å². The second-order valence-corrected chi connectivity index (χ2v) is 4.49. The number of imide groups is 1. The molecule has 90 valence electrons. The van der Waals surface area contributed by atoms with E-state index in [4.69, 9.17) is 0 Å². The summed E-state index contributed by atoms with van der Waals surface area (Å²) in [5.74, 6) is -0.267. The zero-order valence-corrected chi connectivity index (χ0v) is 10.3. The van der Waals surface area contributed by atoms with Gasteiger partial charge in [-0.25, -0.2) is 4.79 Å². The summed E-state index contributed by atoms with van der Waals surface area (Å²) >= 11 is 0. The molecule has 0 spiro atoms. The molecule has 2 rings (SSSR count). The van der Waals surface area contributed by atoms with Crippen LogP contribution in [0.25, 0.3) is 0 Å². The number of carbonyl (C=O) groups excluding carboxylic acids is 2. The number of rotatable bonds is 2. The summed E-state index contributed by atoms with van der Waals surface area (Å²) in [5.41, 5.74) is 2.12. The monoisotopic (exact) mass is 232 g/mol. The number of nitrogens with one attached hydrogen (secondary N) is 2. The SMILES string of the molecule is CCC1(c2ccc(C)cc2C)NC(=O)NC1=O. The smallest absolute Gasteiger partial charge is 0.319 e. The van der Waals surface area contributed by atoms with Crippen molar-refractivity contribution in [1.29, 1.82) is 0 Å². The Morgan fingerprint density at radius 1 is 1.24 bits per heavy atom. The van der Waals surface area contributed by atoms with Gasteiger partial charge in [-0.3, -0.25) is 10.1 Å². The van der Waals surface area contributed by atoms with Crippen LogP contribution in [0, 0.1) is 13.8 Å². The van der Waals surface area contributed by atoms with Gasteiger partial charge in [0.15, 0.2) is 0 Å². The molecule has 1 fully saturated rings. The second-order valence-electron chi connectivity index (χ2n) is 4.49. The maximum Gasteiger partial charge on any atom is 0.322 e. The molecular formula is C13H16N2O2. The lowest BCUT2D eigenvalue weighted by Gasteiger charge is -2.26. The third kappa shape index (κ3) is 1.69. The lowest BCUT2D eigenvalue weighted by Crippen LogP contribution is -2.43. The number of hydrogen-bond donors (Lipinski definition) is 2. The van der Waals surface area contributed by atoms with Crippen molar-refractivity contribution in [1.82, 2.24) is 10.6 Å². The lowest BCUT2D eigenvalue weighted by atomic mass is 9.84. The minimum absolute atomic E-state index is 0.267. The Morgan fingerprint density at radius 3 is 2.41 bits per heavy atom. The van der Waals surface area contributed by atoms with Crippen molar-refractivity contribution in [3.05, 3.63) is 34.9 Å². The molecule has 0 aliphatic carbocycles. The molecule has 0 aromatic heterocycles. The summed E-state index contributed by atoms with van der Waals surface area (Å²) in [6.07, 6.45) is 0.536. The van der Waals surface area contributed by atoms with Crippen LogP contribution in [0.4, 0.5) is 4.79 Å². The van der Waals surface area contributed by atoms with Gasteiger partial charge in [0.25, 0.3) is 5.91 Å². The summed E-state index contributed by atoms with van der Waals surface area (Å²) in [4.78, 5) is 23.3. The number of urea groups is 1. The molecule has 1 atom stereocenters. The normalized spacial score (nSPS) is 23.5. The zero-order valence-electron chi connectivity index (χ0n) is 10.3. The first kappa shape index (κ1) is 11.6. The maximum absolute atomic E-state index is 12.0. The van der Waals surface area contributed by atoms with Gasteiger partial charge < -0.3 is 5.32 Å². The van der Waals surface area contributed by atoms with E-state index in [9.17, 15) is 9.59 Å². The fourth-order valence-electron chi connectivity index (χ4n) is 2.41. The van der Waals surface area contributed by atoms with Crippen LogP contribution in [0.2, 0.25) is 0 Å². The third-order valence-electron chi connectivity index (χ3n) is 3.31. The zero-order chi connectivity index (χ0) is 12.6. The van der Waals surface area contributed by atoms with Crippen molar-refractivity contribution in [2.24, 2.45) is 0 Å². The van der Waals surface area contributed by atoms with E-state index in [0.717, 1.165) is 16.7 Å². The molecule has 0 radical (unpaired) electrons. The van der Waals surface area contributed by atoms with E-state index in [-0.39, 0.29) is 5.91 Å². The van der Waals surface area contributed by atoms with Gasteiger partial charge in [-0.1, -0.05) is 30.7 Å². The molecule has 1 heterocycles. The lowest BCUT2D eigenvalue weighted by molar-refractivity contribution is -0.124. The largest absolute Gasteiger partial charge is 0.322 e. The van der Waals surface area contributed by atoms with Crippen LogP contribution in [0.15, 0.2) is 18.2 Å². The summed E-state index contributed by atoms with van der Waals surface area (Å²) in [5, 5.41) is 5.05. The molecule has 2 N–H and O–H groups in total. The first-order valence-electron chi connectivity index (χ1n) is 5.71. The van der Waals surface area contributed by atoms with Crippen molar-refractivity contribution in [2.75, 3.05) is 0 Å². The summed E-state index contributed by atoms with van der Waals surface area (Å²) in [7, 11) is 0. The molecule has 3 amide bonds. The Bertz CT molecular complexity index is 496. The van der Waals surface area contributed by atoms with E-state index in [1.807, 2.05) is 39.0 Å². The molecule has 0 saturated carbocycles. The van der Waals surface area contributed by atoms with Gasteiger partial charge in [0.2, 0.25) is 0 Å². The Labute approximate surface area is 100 Å². The Morgan fingerprint density at radius 2 is 1.94 bits per heavy atom. The molecule has 4 nitrogen and oxygen atoms in total. The standard InChI is InChI=1S/C13H16N2O2/c1-4-13(11(16)14-12(17)15-13)10-6-5-8(2)7-9(10)3/h5-7H,4H2,1-3H3,(H2,14,15,16,17). The second kappa shape index (κ2) is 3.87. The van der Waals surface area contributed by atoms with Gasteiger partial charge >= 0.3 is 6.03 Å². The number of hydrogen-bond acceptors (Lipinski definition) is 2. The fraction of sp³-hybridized carbons (Fsp3) is 0.385. The highest BCUT2D eigenvalue weighted by Crippen LogP contribution is 2.31. The van der Waals surface area contributed by atoms with E-state index in [1.165, 1.54) is 0 Å². The minimum atomic E-state index is -0.908. The summed E-state index contributed by atoms with van der Waals surface area (Å²) in [6, 6.07) is 5.47. The molecule has 4 heteroatoms. The average Bonchev–Trinajstić information content (AvgIpc) is 2.54. The predicted molar refractivity (Wildman–Crippen MR) is 64.6 cm³/mol. The van der Waals surface area contributed by atoms with Gasteiger partial charge in [-0.2, -0.15) is 0 Å². The van der Waals surface area contributed by atoms with Gasteiger partial charge in [0.1, 0.15) is 5.54 Å². The van der Waals surface area contributed by atoms with Crippen LogP contribution in [0.5, 0.6) is 0 Å². The van der Waals surface area contributed by atoms with E-state index >= 15 is 0 Å². The molecule has 1 aliphatic rings. The van der Waals surface area contributed by atoms with Crippen LogP contribution in [0.1, 0.15) is 30.0 Å². The molecular weight excluding hydrogens is 216 g/mol. The molecule has 1 unspecified atom stereocenters. The van der Waals surface area contributed by atoms with Crippen LogP contribution >= 0.6 is 0 Å². The van der Waals surface area contributed by atoms with Crippen LogP contribution in [-0.4, -0.2) is 11.9 Å². The fourth-order valence-corrected chi connectivity index (χ4v) is 2.41. The molecule has 17 heavy (non-hydrogen) atoms. The Kier molecular flexibility index (Phi) is 2.65. The van der Waals surface area contributed by atoms with Gasteiger partial charge in [-0.15, -0.1) is 0 Å².